The van der Waals surface area contributed by atoms with Gasteiger partial charge in [-0.15, -0.1) is 0 Å². The molecule has 2 rings (SSSR count). The smallest absolute Gasteiger partial charge is 0.326 e. The first-order valence-corrected chi connectivity index (χ1v) is 6.30. The van der Waals surface area contributed by atoms with Crippen LogP contribution in [0, 0.1) is 0 Å². The van der Waals surface area contributed by atoms with Gasteiger partial charge in [0.15, 0.2) is 5.76 Å². The molecule has 0 radical (unpaired) electrons. The minimum Gasteiger partial charge on any atom is -0.480 e. The van der Waals surface area contributed by atoms with Crippen molar-refractivity contribution in [2.24, 2.45) is 0 Å². The van der Waals surface area contributed by atoms with Crippen LogP contribution in [0.25, 0.3) is 11.1 Å². The minimum atomic E-state index is -1.06. The van der Waals surface area contributed by atoms with Crippen LogP contribution in [0.3, 0.4) is 0 Å². The summed E-state index contributed by atoms with van der Waals surface area (Å²) in [6, 6.07) is 10.1. The summed E-state index contributed by atoms with van der Waals surface area (Å²) in [5, 5.41) is 11.4. The molecule has 2 N–H and O–H groups in total. The molecule has 1 heterocycles. The summed E-state index contributed by atoms with van der Waals surface area (Å²) in [5.74, 6) is -1.47. The van der Waals surface area contributed by atoms with E-state index in [1.807, 2.05) is 30.3 Å². The quantitative estimate of drug-likeness (QED) is 0.877. The number of benzene rings is 1. The van der Waals surface area contributed by atoms with E-state index in [-0.39, 0.29) is 5.76 Å². The Balaban J connectivity index is 2.24. The Hall–Kier alpha value is -2.56. The first kappa shape index (κ1) is 13.9. The average molecular weight is 273 g/mol. The molecule has 0 saturated carbocycles. The molecule has 1 atom stereocenters. The lowest BCUT2D eigenvalue weighted by Gasteiger charge is -2.11. The molecule has 0 aliphatic rings. The Morgan fingerprint density at radius 2 is 1.95 bits per heavy atom. The molecule has 0 unspecified atom stereocenters. The maximum atomic E-state index is 12.1. The molecule has 0 saturated heterocycles. The topological polar surface area (TPSA) is 79.5 Å². The largest absolute Gasteiger partial charge is 0.480 e. The van der Waals surface area contributed by atoms with Crippen molar-refractivity contribution < 1.29 is 19.1 Å². The molecule has 0 fully saturated rings. The number of furan rings is 1. The Labute approximate surface area is 116 Å². The number of aliphatic carboxylic acids is 1. The van der Waals surface area contributed by atoms with Crippen molar-refractivity contribution in [3.05, 3.63) is 48.4 Å². The standard InChI is InChI=1S/C15H15NO4/c1-2-12(15(18)19)16-14(17)13-11(8-9-20-13)10-6-4-3-5-7-10/h3-9,12H,2H2,1H3,(H,16,17)(H,18,19)/t12-/m1/s1. The molecule has 0 bridgehead atoms. The lowest BCUT2D eigenvalue weighted by molar-refractivity contribution is -0.139. The fourth-order valence-electron chi connectivity index (χ4n) is 1.89. The maximum absolute atomic E-state index is 12.1. The van der Waals surface area contributed by atoms with Gasteiger partial charge in [0.2, 0.25) is 0 Å². The molecule has 1 aromatic carbocycles. The van der Waals surface area contributed by atoms with Gasteiger partial charge in [-0.2, -0.15) is 0 Å². The predicted octanol–water partition coefficient (Wildman–Crippen LogP) is 2.54. The van der Waals surface area contributed by atoms with Gasteiger partial charge in [-0.05, 0) is 18.1 Å². The SMILES string of the molecule is CC[C@@H](NC(=O)c1occc1-c1ccccc1)C(=O)O. The van der Waals surface area contributed by atoms with E-state index in [1.54, 1.807) is 13.0 Å². The summed E-state index contributed by atoms with van der Waals surface area (Å²) in [6.07, 6.45) is 1.72. The highest BCUT2D eigenvalue weighted by Crippen LogP contribution is 2.24. The van der Waals surface area contributed by atoms with Crippen LogP contribution < -0.4 is 5.32 Å². The predicted molar refractivity (Wildman–Crippen MR) is 73.3 cm³/mol. The molecule has 5 heteroatoms. The molecule has 0 aliphatic heterocycles. The number of amides is 1. The van der Waals surface area contributed by atoms with Gasteiger partial charge < -0.3 is 14.8 Å². The summed E-state index contributed by atoms with van der Waals surface area (Å²) in [5.41, 5.74) is 1.48. The summed E-state index contributed by atoms with van der Waals surface area (Å²) in [7, 11) is 0. The lowest BCUT2D eigenvalue weighted by Crippen LogP contribution is -2.40. The van der Waals surface area contributed by atoms with Crippen molar-refractivity contribution >= 4 is 11.9 Å². The van der Waals surface area contributed by atoms with E-state index in [0.717, 1.165) is 5.56 Å². The van der Waals surface area contributed by atoms with Crippen LogP contribution in [0.15, 0.2) is 47.1 Å². The highest BCUT2D eigenvalue weighted by molar-refractivity contribution is 5.99. The summed E-state index contributed by atoms with van der Waals surface area (Å²) in [4.78, 5) is 23.1. The number of rotatable bonds is 5. The van der Waals surface area contributed by atoms with E-state index in [4.69, 9.17) is 9.52 Å². The van der Waals surface area contributed by atoms with Crippen molar-refractivity contribution in [2.75, 3.05) is 0 Å². The van der Waals surface area contributed by atoms with Gasteiger partial charge in [-0.3, -0.25) is 4.79 Å². The lowest BCUT2D eigenvalue weighted by atomic mass is 10.1. The zero-order chi connectivity index (χ0) is 14.5. The number of carboxylic acids is 1. The van der Waals surface area contributed by atoms with Crippen molar-refractivity contribution in [1.29, 1.82) is 0 Å². The van der Waals surface area contributed by atoms with Crippen molar-refractivity contribution in [3.63, 3.8) is 0 Å². The van der Waals surface area contributed by atoms with Gasteiger partial charge in [-0.1, -0.05) is 37.3 Å². The first-order chi connectivity index (χ1) is 9.63. The van der Waals surface area contributed by atoms with E-state index in [9.17, 15) is 9.59 Å². The Kier molecular flexibility index (Phi) is 4.20. The zero-order valence-corrected chi connectivity index (χ0v) is 11.0. The van der Waals surface area contributed by atoms with Crippen LogP contribution >= 0.6 is 0 Å². The van der Waals surface area contributed by atoms with Crippen LogP contribution in [0.1, 0.15) is 23.9 Å². The Morgan fingerprint density at radius 1 is 1.25 bits per heavy atom. The van der Waals surface area contributed by atoms with Crippen LogP contribution in [0.5, 0.6) is 0 Å². The van der Waals surface area contributed by atoms with Gasteiger partial charge in [0.25, 0.3) is 5.91 Å². The Bertz CT molecular complexity index is 603. The van der Waals surface area contributed by atoms with E-state index >= 15 is 0 Å². The van der Waals surface area contributed by atoms with E-state index < -0.39 is 17.9 Å². The number of nitrogens with one attached hydrogen (secondary N) is 1. The van der Waals surface area contributed by atoms with Gasteiger partial charge in [-0.25, -0.2) is 4.79 Å². The van der Waals surface area contributed by atoms with Gasteiger partial charge in [0, 0.05) is 5.56 Å². The highest BCUT2D eigenvalue weighted by atomic mass is 16.4. The number of carbonyl (C=O) groups excluding carboxylic acids is 1. The molecule has 5 nitrogen and oxygen atoms in total. The average Bonchev–Trinajstić information content (AvgIpc) is 2.94. The zero-order valence-electron chi connectivity index (χ0n) is 11.0. The van der Waals surface area contributed by atoms with E-state index in [0.29, 0.717) is 12.0 Å². The molecular formula is C15H15NO4. The number of carboxylic acid groups (broad SMARTS) is 1. The monoisotopic (exact) mass is 273 g/mol. The molecule has 2 aromatic rings. The van der Waals surface area contributed by atoms with Crippen molar-refractivity contribution in [1.82, 2.24) is 5.32 Å². The van der Waals surface area contributed by atoms with Crippen molar-refractivity contribution in [3.8, 4) is 11.1 Å². The molecule has 0 aliphatic carbocycles. The fourth-order valence-corrected chi connectivity index (χ4v) is 1.89. The molecule has 20 heavy (non-hydrogen) atoms. The van der Waals surface area contributed by atoms with Crippen LogP contribution in [-0.4, -0.2) is 23.0 Å². The molecule has 0 spiro atoms. The summed E-state index contributed by atoms with van der Waals surface area (Å²) in [6.45, 7) is 1.69. The first-order valence-electron chi connectivity index (χ1n) is 6.30. The van der Waals surface area contributed by atoms with Gasteiger partial charge >= 0.3 is 5.97 Å². The van der Waals surface area contributed by atoms with Crippen LogP contribution in [0.2, 0.25) is 0 Å². The maximum Gasteiger partial charge on any atom is 0.326 e. The molecule has 1 aromatic heterocycles. The third-order valence-electron chi connectivity index (χ3n) is 2.97. The minimum absolute atomic E-state index is 0.121. The van der Waals surface area contributed by atoms with Gasteiger partial charge in [0.05, 0.1) is 6.26 Å². The molecular weight excluding hydrogens is 258 g/mol. The van der Waals surface area contributed by atoms with E-state index in [2.05, 4.69) is 5.32 Å². The number of hydrogen-bond acceptors (Lipinski definition) is 3. The fraction of sp³-hybridized carbons (Fsp3) is 0.200. The second kappa shape index (κ2) is 6.06. The third kappa shape index (κ3) is 2.88. The van der Waals surface area contributed by atoms with Crippen LogP contribution in [-0.2, 0) is 4.79 Å². The van der Waals surface area contributed by atoms with Gasteiger partial charge in [0.1, 0.15) is 6.04 Å². The molecule has 1 amide bonds. The number of carbonyl (C=O) groups is 2. The highest BCUT2D eigenvalue weighted by Gasteiger charge is 2.22. The summed E-state index contributed by atoms with van der Waals surface area (Å²) >= 11 is 0. The van der Waals surface area contributed by atoms with Crippen molar-refractivity contribution in [2.45, 2.75) is 19.4 Å². The third-order valence-corrected chi connectivity index (χ3v) is 2.97. The van der Waals surface area contributed by atoms with E-state index in [1.165, 1.54) is 6.26 Å². The Morgan fingerprint density at radius 3 is 2.55 bits per heavy atom. The number of hydrogen-bond donors (Lipinski definition) is 2. The second-order valence-electron chi connectivity index (χ2n) is 4.30. The molecule has 104 valence electrons. The normalized spacial score (nSPS) is 11.8. The van der Waals surface area contributed by atoms with Crippen LogP contribution in [0.4, 0.5) is 0 Å². The summed E-state index contributed by atoms with van der Waals surface area (Å²) < 4.78 is 5.20. The second-order valence-corrected chi connectivity index (χ2v) is 4.30.